The van der Waals surface area contributed by atoms with Crippen molar-refractivity contribution in [1.82, 2.24) is 8.75 Å². The van der Waals surface area contributed by atoms with Crippen molar-refractivity contribution in [2.75, 3.05) is 11.9 Å². The van der Waals surface area contributed by atoms with Crippen molar-refractivity contribution in [3.05, 3.63) is 51.5 Å². The van der Waals surface area contributed by atoms with Crippen LogP contribution in [-0.4, -0.2) is 27.2 Å². The molecule has 2 aromatic carbocycles. The molecule has 9 heteroatoms. The highest BCUT2D eigenvalue weighted by Crippen LogP contribution is 2.22. The summed E-state index contributed by atoms with van der Waals surface area (Å²) in [5.74, 6) is -1.15. The molecule has 0 fully saturated rings. The zero-order valence-electron chi connectivity index (χ0n) is 12.0. The molecule has 6 nitrogen and oxygen atoms in total. The van der Waals surface area contributed by atoms with E-state index in [1.807, 2.05) is 0 Å². The lowest BCUT2D eigenvalue weighted by atomic mass is 10.2. The molecular formula is C15H9BrClN3O3S. The Balaban J connectivity index is 1.64. The topological polar surface area (TPSA) is 81.2 Å². The SMILES string of the molecule is O=C(COC(=O)c1cc(Br)ccc1Cl)Nc1cccc2nsnc12. The third kappa shape index (κ3) is 3.72. The van der Waals surface area contributed by atoms with E-state index in [1.165, 1.54) is 6.07 Å². The Kier molecular flexibility index (Phi) is 5.08. The lowest BCUT2D eigenvalue weighted by Gasteiger charge is -2.08. The highest BCUT2D eigenvalue weighted by Gasteiger charge is 2.15. The highest BCUT2D eigenvalue weighted by atomic mass is 79.9. The summed E-state index contributed by atoms with van der Waals surface area (Å²) in [6, 6.07) is 10.1. The van der Waals surface area contributed by atoms with Gasteiger partial charge in [0.1, 0.15) is 11.0 Å². The smallest absolute Gasteiger partial charge is 0.340 e. The van der Waals surface area contributed by atoms with E-state index in [2.05, 4.69) is 30.0 Å². The number of aromatic nitrogens is 2. The standard InChI is InChI=1S/C15H9BrClN3O3S/c16-8-4-5-10(17)9(6-8)15(22)23-7-13(21)18-11-2-1-3-12-14(11)20-24-19-12/h1-6H,7H2,(H,18,21). The number of carbonyl (C=O) groups is 2. The van der Waals surface area contributed by atoms with Crippen LogP contribution in [0.4, 0.5) is 5.69 Å². The first-order chi connectivity index (χ1) is 11.5. The lowest BCUT2D eigenvalue weighted by Crippen LogP contribution is -2.21. The fourth-order valence-corrected chi connectivity index (χ4v) is 3.06. The predicted octanol–water partition coefficient (Wildman–Crippen LogP) is 3.90. The number of esters is 1. The molecular weight excluding hydrogens is 418 g/mol. The largest absolute Gasteiger partial charge is 0.452 e. The van der Waals surface area contributed by atoms with E-state index >= 15 is 0 Å². The lowest BCUT2D eigenvalue weighted by molar-refractivity contribution is -0.119. The second-order valence-electron chi connectivity index (χ2n) is 4.69. The minimum atomic E-state index is -0.676. The van der Waals surface area contributed by atoms with Gasteiger partial charge >= 0.3 is 5.97 Å². The number of halogens is 2. The number of amides is 1. The number of ether oxygens (including phenoxy) is 1. The Morgan fingerprint density at radius 2 is 2.08 bits per heavy atom. The Labute approximate surface area is 154 Å². The van der Waals surface area contributed by atoms with Gasteiger partial charge in [-0.1, -0.05) is 33.6 Å². The molecule has 3 aromatic rings. The van der Waals surface area contributed by atoms with Crippen molar-refractivity contribution < 1.29 is 14.3 Å². The van der Waals surface area contributed by atoms with Crippen LogP contribution in [0.2, 0.25) is 5.02 Å². The number of hydrogen-bond acceptors (Lipinski definition) is 6. The number of fused-ring (bicyclic) bond motifs is 1. The maximum absolute atomic E-state index is 12.0. The molecule has 24 heavy (non-hydrogen) atoms. The van der Waals surface area contributed by atoms with Gasteiger partial charge in [-0.3, -0.25) is 4.79 Å². The molecule has 1 aromatic heterocycles. The van der Waals surface area contributed by atoms with E-state index in [9.17, 15) is 9.59 Å². The maximum atomic E-state index is 12.0. The summed E-state index contributed by atoms with van der Waals surface area (Å²) in [5.41, 5.74) is 1.99. The van der Waals surface area contributed by atoms with E-state index in [1.54, 1.807) is 30.3 Å². The monoisotopic (exact) mass is 425 g/mol. The van der Waals surface area contributed by atoms with Gasteiger partial charge in [-0.15, -0.1) is 0 Å². The van der Waals surface area contributed by atoms with Crippen molar-refractivity contribution in [2.24, 2.45) is 0 Å². The minimum absolute atomic E-state index is 0.185. The molecule has 122 valence electrons. The molecule has 0 aliphatic carbocycles. The van der Waals surface area contributed by atoms with Gasteiger partial charge in [0, 0.05) is 4.47 Å². The first-order valence-electron chi connectivity index (χ1n) is 6.68. The average molecular weight is 427 g/mol. The summed E-state index contributed by atoms with van der Waals surface area (Å²) in [5, 5.41) is 2.90. The fraction of sp³-hybridized carbons (Fsp3) is 0.0667. The molecule has 0 aliphatic heterocycles. The van der Waals surface area contributed by atoms with Crippen LogP contribution in [0.25, 0.3) is 11.0 Å². The van der Waals surface area contributed by atoms with Crippen LogP contribution >= 0.6 is 39.3 Å². The Morgan fingerprint density at radius 3 is 2.92 bits per heavy atom. The molecule has 1 heterocycles. The second kappa shape index (κ2) is 7.25. The first kappa shape index (κ1) is 16.8. The van der Waals surface area contributed by atoms with Crippen molar-refractivity contribution >= 4 is 67.9 Å². The molecule has 3 rings (SSSR count). The normalized spacial score (nSPS) is 10.6. The van der Waals surface area contributed by atoms with Crippen LogP contribution < -0.4 is 5.32 Å². The van der Waals surface area contributed by atoms with Crippen LogP contribution in [0.5, 0.6) is 0 Å². The summed E-state index contributed by atoms with van der Waals surface area (Å²) in [6.45, 7) is -0.435. The molecule has 1 amide bonds. The van der Waals surface area contributed by atoms with Gasteiger partial charge in [0.05, 0.1) is 28.0 Å². The third-order valence-corrected chi connectivity index (χ3v) is 4.41. The van der Waals surface area contributed by atoms with Crippen LogP contribution in [0.15, 0.2) is 40.9 Å². The Morgan fingerprint density at radius 1 is 1.25 bits per heavy atom. The summed E-state index contributed by atoms with van der Waals surface area (Å²) >= 11 is 10.3. The summed E-state index contributed by atoms with van der Waals surface area (Å²) in [6.07, 6.45) is 0. The van der Waals surface area contributed by atoms with Gasteiger partial charge in [0.15, 0.2) is 6.61 Å². The first-order valence-corrected chi connectivity index (χ1v) is 8.58. The van der Waals surface area contributed by atoms with Crippen LogP contribution in [0, 0.1) is 0 Å². The van der Waals surface area contributed by atoms with E-state index in [0.717, 1.165) is 11.7 Å². The molecule has 0 unspecified atom stereocenters. The molecule has 0 saturated carbocycles. The van der Waals surface area contributed by atoms with Crippen molar-refractivity contribution in [1.29, 1.82) is 0 Å². The van der Waals surface area contributed by atoms with Gasteiger partial charge in [0.25, 0.3) is 5.91 Å². The quantitative estimate of drug-likeness (QED) is 0.640. The fourth-order valence-electron chi connectivity index (χ4n) is 1.96. The van der Waals surface area contributed by atoms with E-state index in [4.69, 9.17) is 16.3 Å². The van der Waals surface area contributed by atoms with Crippen molar-refractivity contribution in [3.63, 3.8) is 0 Å². The number of nitrogens with zero attached hydrogens (tertiary/aromatic N) is 2. The zero-order valence-corrected chi connectivity index (χ0v) is 15.1. The van der Waals surface area contributed by atoms with Crippen LogP contribution in [0.3, 0.4) is 0 Å². The third-order valence-electron chi connectivity index (χ3n) is 3.04. The molecule has 0 spiro atoms. The van der Waals surface area contributed by atoms with Gasteiger partial charge < -0.3 is 10.1 Å². The number of nitrogens with one attached hydrogen (secondary N) is 1. The summed E-state index contributed by atoms with van der Waals surface area (Å²) in [7, 11) is 0. The molecule has 0 atom stereocenters. The van der Waals surface area contributed by atoms with Gasteiger partial charge in [-0.05, 0) is 30.3 Å². The second-order valence-corrected chi connectivity index (χ2v) is 6.54. The maximum Gasteiger partial charge on any atom is 0.340 e. The summed E-state index contributed by atoms with van der Waals surface area (Å²) in [4.78, 5) is 24.0. The van der Waals surface area contributed by atoms with Crippen LogP contribution in [0.1, 0.15) is 10.4 Å². The van der Waals surface area contributed by atoms with Crippen molar-refractivity contribution in [3.8, 4) is 0 Å². The zero-order chi connectivity index (χ0) is 17.1. The van der Waals surface area contributed by atoms with Gasteiger partial charge in [0.2, 0.25) is 0 Å². The van der Waals surface area contributed by atoms with Gasteiger partial charge in [-0.25, -0.2) is 4.79 Å². The minimum Gasteiger partial charge on any atom is -0.452 e. The molecule has 0 saturated heterocycles. The van der Waals surface area contributed by atoms with E-state index < -0.39 is 18.5 Å². The number of hydrogen-bond donors (Lipinski definition) is 1. The number of rotatable bonds is 4. The molecule has 1 N–H and O–H groups in total. The van der Waals surface area contributed by atoms with E-state index in [-0.39, 0.29) is 10.6 Å². The Bertz CT molecular complexity index is 931. The van der Waals surface area contributed by atoms with Crippen LogP contribution in [-0.2, 0) is 9.53 Å². The Hall–Kier alpha value is -2.03. The number of anilines is 1. The van der Waals surface area contributed by atoms with Crippen molar-refractivity contribution in [2.45, 2.75) is 0 Å². The molecule has 0 aliphatic rings. The van der Waals surface area contributed by atoms with Gasteiger partial charge in [-0.2, -0.15) is 8.75 Å². The molecule has 0 radical (unpaired) electrons. The molecule has 0 bridgehead atoms. The highest BCUT2D eigenvalue weighted by molar-refractivity contribution is 9.10. The number of carbonyl (C=O) groups excluding carboxylic acids is 2. The number of benzene rings is 2. The predicted molar refractivity (Wildman–Crippen MR) is 95.5 cm³/mol. The average Bonchev–Trinajstić information content (AvgIpc) is 3.04. The summed E-state index contributed by atoms with van der Waals surface area (Å²) < 4.78 is 13.9. The van der Waals surface area contributed by atoms with E-state index in [0.29, 0.717) is 21.2 Å².